The van der Waals surface area contributed by atoms with Crippen molar-refractivity contribution in [2.45, 2.75) is 121 Å². The number of rotatable bonds is 12. The lowest BCUT2D eigenvalue weighted by atomic mass is 9.80. The maximum absolute atomic E-state index is 14.4. The van der Waals surface area contributed by atoms with E-state index in [0.717, 1.165) is 38.5 Å². The maximum Gasteiger partial charge on any atom is 0.315 e. The zero-order valence-electron chi connectivity index (χ0n) is 29.4. The van der Waals surface area contributed by atoms with E-state index in [9.17, 15) is 32.4 Å². The fourth-order valence-corrected chi connectivity index (χ4v) is 10.2. The van der Waals surface area contributed by atoms with Crippen molar-refractivity contribution in [2.75, 3.05) is 12.3 Å². The number of hydrogen-bond acceptors (Lipinski definition) is 7. The summed E-state index contributed by atoms with van der Waals surface area (Å²) in [4.78, 5) is 68.5. The van der Waals surface area contributed by atoms with Crippen molar-refractivity contribution >= 4 is 39.4 Å². The highest BCUT2D eigenvalue weighted by Gasteiger charge is 2.70. The van der Waals surface area contributed by atoms with Crippen molar-refractivity contribution in [1.82, 2.24) is 20.9 Å². The van der Waals surface area contributed by atoms with E-state index in [2.05, 4.69) is 16.0 Å². The molecular formula is C36H53N5O7S. The predicted octanol–water partition coefficient (Wildman–Crippen LogP) is 3.09. The van der Waals surface area contributed by atoms with Crippen LogP contribution in [0.5, 0.6) is 0 Å². The van der Waals surface area contributed by atoms with Gasteiger partial charge in [-0.1, -0.05) is 91.3 Å². The summed E-state index contributed by atoms with van der Waals surface area (Å²) in [5.74, 6) is -3.05. The molecule has 4 fully saturated rings. The van der Waals surface area contributed by atoms with E-state index in [4.69, 9.17) is 5.73 Å². The van der Waals surface area contributed by atoms with Crippen LogP contribution in [0.3, 0.4) is 0 Å². The Balaban J connectivity index is 1.35. The van der Waals surface area contributed by atoms with Crippen LogP contribution in [0.2, 0.25) is 0 Å². The standard InChI is InChI=1S/C36H53N5O7S/c1-34(2,3)29(39-33(46)40-36(17-10-7-11-18-36)21-49(47,48)23-15-8-6-9-16-23)32(45)41-20-24-26(35(24,4)5)27(41)31(44)38-25(28(42)30(37)43)19-22-13-12-14-22/h6,8-9,15-16,22,24-27,29H,7,10-14,17-21H2,1-5H3,(H2,37,43)(H,38,44)(H2,39,40,46)/t24-,25?,26-,27-,29+/m0/s1. The number of carbonyl (C=O) groups excluding carboxylic acids is 5. The van der Waals surface area contributed by atoms with Gasteiger partial charge in [-0.25, -0.2) is 13.2 Å². The molecule has 1 aliphatic heterocycles. The fourth-order valence-electron chi connectivity index (χ4n) is 8.37. The number of piperidine rings is 1. The molecule has 5 amide bonds. The highest BCUT2D eigenvalue weighted by Crippen LogP contribution is 2.65. The van der Waals surface area contributed by atoms with Crippen LogP contribution in [0.1, 0.15) is 92.4 Å². The van der Waals surface area contributed by atoms with Gasteiger partial charge in [0.05, 0.1) is 22.2 Å². The first kappa shape index (κ1) is 36.8. The summed E-state index contributed by atoms with van der Waals surface area (Å²) in [7, 11) is -3.72. The van der Waals surface area contributed by atoms with E-state index in [1.165, 1.54) is 4.90 Å². The molecule has 1 aromatic rings. The van der Waals surface area contributed by atoms with E-state index >= 15 is 0 Å². The Kier molecular flexibility index (Phi) is 10.3. The van der Waals surface area contributed by atoms with E-state index in [1.54, 1.807) is 30.3 Å². The Morgan fingerprint density at radius 2 is 1.59 bits per heavy atom. The first-order valence-corrected chi connectivity index (χ1v) is 19.3. The molecule has 0 radical (unpaired) electrons. The topological polar surface area (TPSA) is 185 Å². The van der Waals surface area contributed by atoms with Crippen LogP contribution in [0, 0.1) is 28.6 Å². The van der Waals surface area contributed by atoms with Crippen LogP contribution in [-0.4, -0.2) is 78.8 Å². The number of Topliss-reactive ketones (excluding diaryl/α,β-unsaturated/α-hetero) is 1. The fraction of sp³-hybridized carbons (Fsp3) is 0.694. The van der Waals surface area contributed by atoms with Crippen molar-refractivity contribution in [3.05, 3.63) is 30.3 Å². The molecule has 5 atom stereocenters. The van der Waals surface area contributed by atoms with Crippen molar-refractivity contribution in [3.8, 4) is 0 Å². The Morgan fingerprint density at radius 1 is 0.959 bits per heavy atom. The third-order valence-corrected chi connectivity index (χ3v) is 13.5. The van der Waals surface area contributed by atoms with Crippen molar-refractivity contribution in [2.24, 2.45) is 34.3 Å². The normalized spacial score (nSPS) is 25.6. The highest BCUT2D eigenvalue weighted by atomic mass is 32.2. The average molecular weight is 700 g/mol. The zero-order valence-corrected chi connectivity index (χ0v) is 30.2. The molecule has 270 valence electrons. The number of benzene rings is 1. The molecule has 5 N–H and O–H groups in total. The monoisotopic (exact) mass is 699 g/mol. The van der Waals surface area contributed by atoms with Crippen LogP contribution in [-0.2, 0) is 29.0 Å². The summed E-state index contributed by atoms with van der Waals surface area (Å²) < 4.78 is 26.9. The quantitative estimate of drug-likeness (QED) is 0.242. The number of hydrogen-bond donors (Lipinski definition) is 4. The van der Waals surface area contributed by atoms with Gasteiger partial charge in [-0.2, -0.15) is 0 Å². The third-order valence-electron chi connectivity index (χ3n) is 11.6. The number of ketones is 1. The Bertz CT molecular complexity index is 1560. The molecular weight excluding hydrogens is 646 g/mol. The van der Waals surface area contributed by atoms with Crippen LogP contribution in [0.4, 0.5) is 4.79 Å². The number of nitrogens with zero attached hydrogens (tertiary/aromatic N) is 1. The highest BCUT2D eigenvalue weighted by molar-refractivity contribution is 7.91. The van der Waals surface area contributed by atoms with Crippen LogP contribution < -0.4 is 21.7 Å². The number of fused-ring (bicyclic) bond motifs is 1. The lowest BCUT2D eigenvalue weighted by molar-refractivity contribution is -0.145. The third kappa shape index (κ3) is 7.81. The molecule has 5 rings (SSSR count). The number of urea groups is 1. The molecule has 0 aromatic heterocycles. The van der Waals surface area contributed by atoms with Crippen LogP contribution >= 0.6 is 0 Å². The Labute approximate surface area is 290 Å². The SMILES string of the molecule is CC(C)(C)[C@H](NC(=O)NC1(CS(=O)(=O)c2ccccc2)CCCCC1)C(=O)N1C[C@H]2[C@@H]([C@H]1C(=O)NC(CC1CCC1)C(=O)C(N)=O)C2(C)C. The van der Waals surface area contributed by atoms with Crippen LogP contribution in [0.15, 0.2) is 35.2 Å². The van der Waals surface area contributed by atoms with E-state index in [-0.39, 0.29) is 33.8 Å². The second-order valence-electron chi connectivity index (χ2n) is 16.5. The van der Waals surface area contributed by atoms with Gasteiger partial charge in [0.2, 0.25) is 17.6 Å². The minimum atomic E-state index is -3.72. The van der Waals surface area contributed by atoms with E-state index in [0.29, 0.717) is 25.8 Å². The summed E-state index contributed by atoms with van der Waals surface area (Å²) in [6.45, 7) is 9.86. The predicted molar refractivity (Wildman–Crippen MR) is 184 cm³/mol. The molecule has 0 bridgehead atoms. The van der Waals surface area contributed by atoms with Gasteiger partial charge < -0.3 is 26.6 Å². The number of carbonyl (C=O) groups is 5. The van der Waals surface area contributed by atoms with Gasteiger partial charge in [-0.15, -0.1) is 0 Å². The van der Waals surface area contributed by atoms with Gasteiger partial charge in [-0.3, -0.25) is 19.2 Å². The number of sulfone groups is 1. The number of amides is 5. The van der Waals surface area contributed by atoms with Crippen LogP contribution in [0.25, 0.3) is 0 Å². The Morgan fingerprint density at radius 3 is 2.14 bits per heavy atom. The molecule has 3 aliphatic carbocycles. The second-order valence-corrected chi connectivity index (χ2v) is 18.5. The van der Waals surface area contributed by atoms with Crippen molar-refractivity contribution in [1.29, 1.82) is 0 Å². The van der Waals surface area contributed by atoms with E-state index < -0.39 is 68.5 Å². The van der Waals surface area contributed by atoms with E-state index in [1.807, 2.05) is 34.6 Å². The summed E-state index contributed by atoms with van der Waals surface area (Å²) in [5, 5.41) is 8.65. The van der Waals surface area contributed by atoms with Gasteiger partial charge in [0.25, 0.3) is 5.91 Å². The first-order valence-electron chi connectivity index (χ1n) is 17.7. The number of nitrogens with one attached hydrogen (secondary N) is 3. The van der Waals surface area contributed by atoms with Gasteiger partial charge in [0.15, 0.2) is 9.84 Å². The smallest absolute Gasteiger partial charge is 0.315 e. The lowest BCUT2D eigenvalue weighted by Gasteiger charge is -2.40. The number of primary amides is 1. The minimum absolute atomic E-state index is 0.0484. The van der Waals surface area contributed by atoms with Gasteiger partial charge in [0, 0.05) is 6.54 Å². The minimum Gasteiger partial charge on any atom is -0.363 e. The average Bonchev–Trinajstić information content (AvgIpc) is 3.31. The summed E-state index contributed by atoms with van der Waals surface area (Å²) >= 11 is 0. The summed E-state index contributed by atoms with van der Waals surface area (Å²) in [5.41, 5.74) is 3.35. The van der Waals surface area contributed by atoms with Gasteiger partial charge in [0.1, 0.15) is 12.1 Å². The number of nitrogens with two attached hydrogens (primary N) is 1. The molecule has 4 aliphatic rings. The molecule has 1 aromatic carbocycles. The maximum atomic E-state index is 14.4. The second kappa shape index (κ2) is 13.7. The summed E-state index contributed by atoms with van der Waals surface area (Å²) in [6, 6.07) is 4.54. The Hall–Kier alpha value is -3.48. The molecule has 1 unspecified atom stereocenters. The molecule has 12 nitrogen and oxygen atoms in total. The van der Waals surface area contributed by atoms with Gasteiger partial charge >= 0.3 is 6.03 Å². The van der Waals surface area contributed by atoms with Crippen molar-refractivity contribution in [3.63, 3.8) is 0 Å². The zero-order chi connectivity index (χ0) is 35.9. The molecule has 3 saturated carbocycles. The molecule has 1 heterocycles. The lowest BCUT2D eigenvalue weighted by Crippen LogP contribution is -2.64. The molecule has 13 heteroatoms. The molecule has 1 saturated heterocycles. The van der Waals surface area contributed by atoms with Crippen molar-refractivity contribution < 1.29 is 32.4 Å². The summed E-state index contributed by atoms with van der Waals surface area (Å²) in [6.07, 6.45) is 6.58. The number of likely N-dealkylation sites (tertiary alicyclic amines) is 1. The van der Waals surface area contributed by atoms with Gasteiger partial charge in [-0.05, 0) is 60.0 Å². The molecule has 0 spiro atoms. The molecule has 49 heavy (non-hydrogen) atoms. The first-order chi connectivity index (χ1) is 22.9. The largest absolute Gasteiger partial charge is 0.363 e.